The fourth-order valence-electron chi connectivity index (χ4n) is 1.27. The van der Waals surface area contributed by atoms with E-state index in [-0.39, 0.29) is 16.3 Å². The number of benzene rings is 1. The number of nitrogens with zero attached hydrogens (tertiary/aromatic N) is 1. The van der Waals surface area contributed by atoms with Crippen molar-refractivity contribution in [3.63, 3.8) is 0 Å². The van der Waals surface area contributed by atoms with Gasteiger partial charge in [-0.2, -0.15) is 0 Å². The molecule has 0 aliphatic rings. The Labute approximate surface area is 87.3 Å². The first-order valence-electron chi connectivity index (χ1n) is 3.97. The summed E-state index contributed by atoms with van der Waals surface area (Å²) < 4.78 is 5.41. The van der Waals surface area contributed by atoms with Crippen LogP contribution in [0.4, 0.5) is 5.69 Å². The van der Waals surface area contributed by atoms with Crippen molar-refractivity contribution in [1.82, 2.24) is 4.98 Å². The van der Waals surface area contributed by atoms with E-state index in [0.717, 1.165) is 11.3 Å². The second-order valence-corrected chi connectivity index (χ2v) is 3.81. The lowest BCUT2D eigenvalue weighted by molar-refractivity contribution is -0.385. The number of ether oxygens (including phenoxy) is 1. The lowest BCUT2D eigenvalue weighted by Gasteiger charge is -2.00. The first kappa shape index (κ1) is 9.66. The molecule has 1 heterocycles. The van der Waals surface area contributed by atoms with Crippen molar-refractivity contribution in [1.29, 1.82) is 0 Å². The first-order chi connectivity index (χ1) is 7.11. The Kier molecular flexibility index (Phi) is 2.16. The monoisotopic (exact) mass is 226 g/mol. The molecule has 0 fully saturated rings. The van der Waals surface area contributed by atoms with Crippen LogP contribution in [0.1, 0.15) is 0 Å². The highest BCUT2D eigenvalue weighted by Gasteiger charge is 2.17. The molecule has 15 heavy (non-hydrogen) atoms. The lowest BCUT2D eigenvalue weighted by atomic mass is 10.3. The summed E-state index contributed by atoms with van der Waals surface area (Å²) in [6.07, 6.45) is 0. The molecule has 0 saturated carbocycles. The van der Waals surface area contributed by atoms with Gasteiger partial charge < -0.3 is 9.72 Å². The average Bonchev–Trinajstić information content (AvgIpc) is 2.54. The zero-order valence-corrected chi connectivity index (χ0v) is 8.46. The third kappa shape index (κ3) is 1.57. The Morgan fingerprint density at radius 2 is 2.27 bits per heavy atom. The normalized spacial score (nSPS) is 10.5. The SMILES string of the molecule is COc1cc2[nH]c(=O)sc2cc1[N+](=O)[O-]. The molecule has 0 aliphatic heterocycles. The molecule has 1 aromatic carbocycles. The van der Waals surface area contributed by atoms with Crippen molar-refractivity contribution < 1.29 is 9.66 Å². The van der Waals surface area contributed by atoms with Gasteiger partial charge in [0, 0.05) is 12.1 Å². The largest absolute Gasteiger partial charge is 0.490 e. The Morgan fingerprint density at radius 3 is 2.87 bits per heavy atom. The standard InChI is InChI=1S/C8H6N2O4S/c1-14-6-2-4-7(15-8(11)9-4)3-5(6)10(12)13/h2-3H,1H3,(H,9,11). The summed E-state index contributed by atoms with van der Waals surface area (Å²) in [4.78, 5) is 23.5. The molecule has 0 bridgehead atoms. The van der Waals surface area contributed by atoms with Gasteiger partial charge in [0.15, 0.2) is 5.75 Å². The Balaban J connectivity index is 2.79. The number of rotatable bonds is 2. The molecule has 1 aromatic heterocycles. The molecule has 0 amide bonds. The van der Waals surface area contributed by atoms with Crippen molar-refractivity contribution in [3.05, 3.63) is 31.9 Å². The van der Waals surface area contributed by atoms with Crippen LogP contribution in [0.15, 0.2) is 16.9 Å². The number of aromatic nitrogens is 1. The number of thiazole rings is 1. The minimum absolute atomic E-state index is 0.139. The summed E-state index contributed by atoms with van der Waals surface area (Å²) in [5.74, 6) is 0.140. The van der Waals surface area contributed by atoms with Gasteiger partial charge in [-0.05, 0) is 0 Å². The number of aromatic amines is 1. The van der Waals surface area contributed by atoms with Gasteiger partial charge in [-0.15, -0.1) is 0 Å². The van der Waals surface area contributed by atoms with Gasteiger partial charge in [-0.25, -0.2) is 0 Å². The third-order valence-electron chi connectivity index (χ3n) is 1.92. The van der Waals surface area contributed by atoms with Gasteiger partial charge in [-0.1, -0.05) is 11.3 Å². The molecule has 2 rings (SSSR count). The summed E-state index contributed by atoms with van der Waals surface area (Å²) in [6.45, 7) is 0. The van der Waals surface area contributed by atoms with Crippen molar-refractivity contribution in [3.8, 4) is 5.75 Å². The fourth-order valence-corrected chi connectivity index (χ4v) is 2.02. The number of hydrogen-bond acceptors (Lipinski definition) is 5. The lowest BCUT2D eigenvalue weighted by Crippen LogP contribution is -1.93. The topological polar surface area (TPSA) is 85.2 Å². The molecule has 0 atom stereocenters. The van der Waals surface area contributed by atoms with Gasteiger partial charge >= 0.3 is 10.6 Å². The number of methoxy groups -OCH3 is 1. The molecule has 78 valence electrons. The van der Waals surface area contributed by atoms with Crippen LogP contribution >= 0.6 is 11.3 Å². The third-order valence-corrected chi connectivity index (χ3v) is 2.76. The highest BCUT2D eigenvalue weighted by atomic mass is 32.1. The maximum atomic E-state index is 11.0. The highest BCUT2D eigenvalue weighted by Crippen LogP contribution is 2.31. The van der Waals surface area contributed by atoms with E-state index in [1.54, 1.807) is 0 Å². The van der Waals surface area contributed by atoms with E-state index in [9.17, 15) is 14.9 Å². The Hall–Kier alpha value is -1.89. The first-order valence-corrected chi connectivity index (χ1v) is 4.78. The van der Waals surface area contributed by atoms with Crippen LogP contribution < -0.4 is 9.61 Å². The zero-order valence-electron chi connectivity index (χ0n) is 7.64. The predicted octanol–water partition coefficient (Wildman–Crippen LogP) is 1.51. The number of nitrogens with one attached hydrogen (secondary N) is 1. The molecule has 0 radical (unpaired) electrons. The summed E-state index contributed by atoms with van der Waals surface area (Å²) in [5.41, 5.74) is 0.410. The molecule has 0 unspecified atom stereocenters. The van der Waals surface area contributed by atoms with Gasteiger partial charge in [0.05, 0.1) is 22.2 Å². The van der Waals surface area contributed by atoms with Crippen LogP contribution in [-0.4, -0.2) is 17.0 Å². The second kappa shape index (κ2) is 3.35. The molecule has 0 saturated heterocycles. The molecular weight excluding hydrogens is 220 g/mol. The van der Waals surface area contributed by atoms with Crippen LogP contribution in [0.5, 0.6) is 5.75 Å². The van der Waals surface area contributed by atoms with Crippen LogP contribution in [0.25, 0.3) is 10.2 Å². The van der Waals surface area contributed by atoms with Crippen molar-refractivity contribution >= 4 is 27.2 Å². The maximum Gasteiger partial charge on any atom is 0.312 e. The number of fused-ring (bicyclic) bond motifs is 1. The summed E-state index contributed by atoms with van der Waals surface area (Å²) in [7, 11) is 1.35. The van der Waals surface area contributed by atoms with E-state index in [0.29, 0.717) is 10.2 Å². The quantitative estimate of drug-likeness (QED) is 0.621. The van der Waals surface area contributed by atoms with Crippen LogP contribution in [0.3, 0.4) is 0 Å². The molecular formula is C8H6N2O4S. The number of hydrogen-bond donors (Lipinski definition) is 1. The minimum atomic E-state index is -0.539. The molecule has 1 N–H and O–H groups in total. The summed E-state index contributed by atoms with van der Waals surface area (Å²) in [6, 6.07) is 2.78. The molecule has 2 aromatic rings. The van der Waals surface area contributed by atoms with Gasteiger partial charge in [0.25, 0.3) is 0 Å². The van der Waals surface area contributed by atoms with E-state index in [1.807, 2.05) is 0 Å². The van der Waals surface area contributed by atoms with E-state index >= 15 is 0 Å². The van der Waals surface area contributed by atoms with Crippen LogP contribution in [0.2, 0.25) is 0 Å². The van der Waals surface area contributed by atoms with Gasteiger partial charge in [0.2, 0.25) is 0 Å². The molecule has 6 nitrogen and oxygen atoms in total. The van der Waals surface area contributed by atoms with Gasteiger partial charge in [0.1, 0.15) is 0 Å². The molecule has 0 spiro atoms. The minimum Gasteiger partial charge on any atom is -0.490 e. The van der Waals surface area contributed by atoms with Crippen molar-refractivity contribution in [2.24, 2.45) is 0 Å². The average molecular weight is 226 g/mol. The van der Waals surface area contributed by atoms with Gasteiger partial charge in [-0.3, -0.25) is 14.9 Å². The van der Waals surface area contributed by atoms with Crippen molar-refractivity contribution in [2.45, 2.75) is 0 Å². The van der Waals surface area contributed by atoms with Crippen molar-refractivity contribution in [2.75, 3.05) is 7.11 Å². The van der Waals surface area contributed by atoms with Crippen LogP contribution in [-0.2, 0) is 0 Å². The smallest absolute Gasteiger partial charge is 0.312 e. The van der Waals surface area contributed by atoms with E-state index in [1.165, 1.54) is 19.2 Å². The Bertz CT molecular complexity index is 586. The fraction of sp³-hybridized carbons (Fsp3) is 0.125. The van der Waals surface area contributed by atoms with E-state index < -0.39 is 4.92 Å². The Morgan fingerprint density at radius 1 is 1.53 bits per heavy atom. The second-order valence-electron chi connectivity index (χ2n) is 2.79. The highest BCUT2D eigenvalue weighted by molar-refractivity contribution is 7.16. The van der Waals surface area contributed by atoms with E-state index in [4.69, 9.17) is 4.74 Å². The maximum absolute atomic E-state index is 11.0. The van der Waals surface area contributed by atoms with Crippen LogP contribution in [0, 0.1) is 10.1 Å². The molecule has 7 heteroatoms. The number of nitro groups is 1. The number of nitro benzene ring substituents is 1. The predicted molar refractivity (Wildman–Crippen MR) is 55.7 cm³/mol. The number of H-pyrrole nitrogens is 1. The summed E-state index contributed by atoms with van der Waals surface area (Å²) >= 11 is 0.932. The summed E-state index contributed by atoms with van der Waals surface area (Å²) in [5, 5.41) is 10.7. The zero-order chi connectivity index (χ0) is 11.0. The van der Waals surface area contributed by atoms with E-state index in [2.05, 4.69) is 4.98 Å². The molecule has 0 aliphatic carbocycles.